The predicted octanol–water partition coefficient (Wildman–Crippen LogP) is 1.86. The minimum absolute atomic E-state index is 0.278. The van der Waals surface area contributed by atoms with Gasteiger partial charge in [-0.1, -0.05) is 0 Å². The molecular formula is C8H23FN3OPSi. The summed E-state index contributed by atoms with van der Waals surface area (Å²) in [7, 11) is 3.26. The van der Waals surface area contributed by atoms with E-state index in [4.69, 9.17) is 0 Å². The summed E-state index contributed by atoms with van der Waals surface area (Å²) in [6, 6.07) is 0. The third kappa shape index (κ3) is 3.96. The van der Waals surface area contributed by atoms with Gasteiger partial charge < -0.3 is 4.11 Å². The van der Waals surface area contributed by atoms with Crippen molar-refractivity contribution in [2.24, 2.45) is 0 Å². The van der Waals surface area contributed by atoms with E-state index < -0.39 is 16.0 Å². The summed E-state index contributed by atoms with van der Waals surface area (Å²) in [5, 5.41) is 0. The van der Waals surface area contributed by atoms with E-state index in [9.17, 15) is 8.67 Å². The van der Waals surface area contributed by atoms with Crippen LogP contribution in [0.15, 0.2) is 0 Å². The van der Waals surface area contributed by atoms with E-state index in [0.29, 0.717) is 0 Å². The fraction of sp³-hybridized carbons (Fsp3) is 1.00. The number of halogens is 1. The molecule has 4 nitrogen and oxygen atoms in total. The Balaban J connectivity index is 4.89. The maximum atomic E-state index is 13.6. The lowest BCUT2D eigenvalue weighted by Crippen LogP contribution is -2.41. The van der Waals surface area contributed by atoms with Gasteiger partial charge in [0, 0.05) is 6.17 Å². The first-order chi connectivity index (χ1) is 6.51. The normalized spacial score (nSPS) is 14.3. The van der Waals surface area contributed by atoms with Crippen LogP contribution in [0.5, 0.6) is 0 Å². The van der Waals surface area contributed by atoms with Crippen molar-refractivity contribution in [1.82, 2.24) is 14.0 Å². The Hall–Kier alpha value is 0.257. The molecule has 0 aliphatic heterocycles. The molecule has 0 unspecified atom stereocenters. The molecule has 0 bridgehead atoms. The van der Waals surface area contributed by atoms with Crippen molar-refractivity contribution in [2.75, 3.05) is 41.4 Å². The molecule has 0 radical (unpaired) electrons. The largest absolute Gasteiger partial charge is 0.313 e. The molecule has 0 saturated heterocycles. The molecular weight excluding hydrogens is 232 g/mol. The van der Waals surface area contributed by atoms with Gasteiger partial charge in [0.05, 0.1) is 0 Å². The molecule has 0 rings (SSSR count). The van der Waals surface area contributed by atoms with E-state index in [2.05, 4.69) is 0 Å². The molecule has 0 atom stereocenters. The molecule has 0 aliphatic carbocycles. The Morgan fingerprint density at radius 2 is 1.40 bits per heavy atom. The van der Waals surface area contributed by atoms with Crippen molar-refractivity contribution in [3.63, 3.8) is 0 Å². The van der Waals surface area contributed by atoms with Gasteiger partial charge in [-0.15, -0.1) is 0 Å². The molecule has 0 saturated carbocycles. The highest BCUT2D eigenvalue weighted by Gasteiger charge is 2.37. The zero-order valence-electron chi connectivity index (χ0n) is 10.8. The van der Waals surface area contributed by atoms with E-state index in [1.807, 2.05) is 0 Å². The van der Waals surface area contributed by atoms with Gasteiger partial charge in [0.25, 0.3) is 16.0 Å². The minimum Gasteiger partial charge on any atom is -0.313 e. The molecule has 92 valence electrons. The second-order valence-electron chi connectivity index (χ2n) is 4.74. The van der Waals surface area contributed by atoms with E-state index in [1.54, 1.807) is 62.3 Å². The molecule has 0 fully saturated rings. The number of hydrogen-bond donors (Lipinski definition) is 0. The lowest BCUT2D eigenvalue weighted by molar-refractivity contribution is 0.372. The van der Waals surface area contributed by atoms with Gasteiger partial charge in [-0.25, -0.2) is 14.0 Å². The molecule has 0 spiro atoms. The molecule has 0 heterocycles. The Morgan fingerprint density at radius 1 is 1.07 bits per heavy atom. The highest BCUT2D eigenvalue weighted by atomic mass is 31.2. The Morgan fingerprint density at radius 3 is 1.60 bits per heavy atom. The average molecular weight is 255 g/mol. The molecule has 0 amide bonds. The second kappa shape index (κ2) is 5.06. The third-order valence-corrected chi connectivity index (χ3v) is 6.70. The molecule has 15 heavy (non-hydrogen) atoms. The van der Waals surface area contributed by atoms with Gasteiger partial charge >= 0.3 is 0 Å². The Labute approximate surface area is 93.8 Å². The van der Waals surface area contributed by atoms with Crippen molar-refractivity contribution in [3.8, 4) is 0 Å². The van der Waals surface area contributed by atoms with Crippen molar-refractivity contribution in [1.29, 1.82) is 0 Å². The van der Waals surface area contributed by atoms with Crippen LogP contribution in [0.25, 0.3) is 0 Å². The summed E-state index contributed by atoms with van der Waals surface area (Å²) in [4.78, 5) is 0. The van der Waals surface area contributed by atoms with Crippen LogP contribution in [0.2, 0.25) is 13.1 Å². The van der Waals surface area contributed by atoms with Crippen molar-refractivity contribution >= 4 is 16.0 Å². The minimum atomic E-state index is -2.76. The average Bonchev–Trinajstić information content (AvgIpc) is 1.98. The Bertz CT molecular complexity index is 243. The SMILES string of the molecule is CN(C)P(=O)(N(C)C)N(C)C[Si](C)(C)F. The molecule has 0 aliphatic rings. The summed E-state index contributed by atoms with van der Waals surface area (Å²) in [5.41, 5.74) is 0. The lowest BCUT2D eigenvalue weighted by Gasteiger charge is -2.38. The van der Waals surface area contributed by atoms with Gasteiger partial charge in [-0.05, 0) is 48.3 Å². The van der Waals surface area contributed by atoms with E-state index in [0.717, 1.165) is 0 Å². The van der Waals surface area contributed by atoms with Crippen LogP contribution in [-0.2, 0) is 4.57 Å². The van der Waals surface area contributed by atoms with Gasteiger partial charge in [-0.2, -0.15) is 0 Å². The highest BCUT2D eigenvalue weighted by molar-refractivity contribution is 7.56. The summed E-state index contributed by atoms with van der Waals surface area (Å²) in [6.07, 6.45) is 0.278. The van der Waals surface area contributed by atoms with Crippen LogP contribution in [0, 0.1) is 0 Å². The molecule has 0 aromatic heterocycles. The zero-order valence-corrected chi connectivity index (χ0v) is 12.7. The quantitative estimate of drug-likeness (QED) is 0.426. The molecule has 0 aromatic carbocycles. The van der Waals surface area contributed by atoms with Gasteiger partial charge in [0.2, 0.25) is 0 Å². The first kappa shape index (κ1) is 15.3. The van der Waals surface area contributed by atoms with Crippen LogP contribution in [-0.4, -0.2) is 63.8 Å². The number of hydrogen-bond acceptors (Lipinski definition) is 1. The summed E-state index contributed by atoms with van der Waals surface area (Å²) >= 11 is 0. The first-order valence-corrected chi connectivity index (χ1v) is 9.53. The van der Waals surface area contributed by atoms with Crippen LogP contribution < -0.4 is 0 Å². The van der Waals surface area contributed by atoms with E-state index in [-0.39, 0.29) is 6.17 Å². The molecule has 0 N–H and O–H groups in total. The summed E-state index contributed by atoms with van der Waals surface area (Å²) in [6.45, 7) is 3.25. The number of rotatable bonds is 5. The summed E-state index contributed by atoms with van der Waals surface area (Å²) < 4.78 is 31.2. The highest BCUT2D eigenvalue weighted by Crippen LogP contribution is 2.52. The third-order valence-electron chi connectivity index (χ3n) is 2.09. The van der Waals surface area contributed by atoms with E-state index in [1.165, 1.54) is 0 Å². The Kier molecular flexibility index (Phi) is 5.14. The maximum absolute atomic E-state index is 13.6. The fourth-order valence-corrected chi connectivity index (χ4v) is 6.38. The van der Waals surface area contributed by atoms with Crippen LogP contribution in [0.3, 0.4) is 0 Å². The van der Waals surface area contributed by atoms with Crippen molar-refractivity contribution < 1.29 is 8.67 Å². The smallest absolute Gasteiger partial charge is 0.285 e. The van der Waals surface area contributed by atoms with Gasteiger partial charge in [0.15, 0.2) is 0 Å². The second-order valence-corrected chi connectivity index (χ2v) is 11.8. The van der Waals surface area contributed by atoms with E-state index >= 15 is 0 Å². The monoisotopic (exact) mass is 255 g/mol. The number of nitrogens with zero attached hydrogens (tertiary/aromatic N) is 3. The molecule has 0 aromatic rings. The predicted molar refractivity (Wildman–Crippen MR) is 66.2 cm³/mol. The first-order valence-electron chi connectivity index (χ1n) is 4.88. The molecule has 7 heteroatoms. The standard InChI is InChI=1S/C8H23FN3OPSi/c1-10(2)14(13,11(3)4)12(5)8-15(6,7)9/h8H2,1-7H3. The van der Waals surface area contributed by atoms with Crippen LogP contribution in [0.1, 0.15) is 0 Å². The fourth-order valence-electron chi connectivity index (χ4n) is 1.60. The summed E-state index contributed by atoms with van der Waals surface area (Å²) in [5.74, 6) is 0. The zero-order chi connectivity index (χ0) is 12.4. The topological polar surface area (TPSA) is 26.8 Å². The maximum Gasteiger partial charge on any atom is 0.285 e. The van der Waals surface area contributed by atoms with Crippen LogP contribution in [0.4, 0.5) is 4.11 Å². The lowest BCUT2D eigenvalue weighted by atomic mass is 11.2. The van der Waals surface area contributed by atoms with Crippen LogP contribution >= 0.6 is 7.59 Å². The van der Waals surface area contributed by atoms with Crippen molar-refractivity contribution in [2.45, 2.75) is 13.1 Å². The van der Waals surface area contributed by atoms with Gasteiger partial charge in [-0.3, -0.25) is 4.57 Å². The van der Waals surface area contributed by atoms with Crippen molar-refractivity contribution in [3.05, 3.63) is 0 Å². The van der Waals surface area contributed by atoms with Gasteiger partial charge in [0.1, 0.15) is 0 Å².